The smallest absolute Gasteiger partial charge is 0.403 e. The van der Waals surface area contributed by atoms with E-state index in [1.807, 2.05) is 0 Å². The molecule has 0 radical (unpaired) electrons. The molecule has 0 fully saturated rings. The van der Waals surface area contributed by atoms with E-state index < -0.39 is 11.9 Å². The molecule has 0 aliphatic heterocycles. The van der Waals surface area contributed by atoms with Crippen LogP contribution < -0.4 is 10.5 Å². The van der Waals surface area contributed by atoms with E-state index in [9.17, 15) is 13.2 Å². The number of nitrogens with two attached hydrogens (primary N) is 1. The van der Waals surface area contributed by atoms with Crippen LogP contribution in [-0.4, -0.2) is 11.3 Å². The van der Waals surface area contributed by atoms with Crippen LogP contribution in [0.2, 0.25) is 0 Å². The Morgan fingerprint density at radius 2 is 1.94 bits per heavy atom. The largest absolute Gasteiger partial charge is 0.573 e. The summed E-state index contributed by atoms with van der Waals surface area (Å²) in [6.45, 7) is 3.49. The van der Waals surface area contributed by atoms with Gasteiger partial charge in [-0.15, -0.1) is 24.5 Å². The molecule has 2 aromatic rings. The van der Waals surface area contributed by atoms with E-state index in [-0.39, 0.29) is 11.3 Å². The van der Waals surface area contributed by atoms with Crippen LogP contribution in [0, 0.1) is 0 Å². The Labute approximate surface area is 105 Å². The van der Waals surface area contributed by atoms with Gasteiger partial charge in [0, 0.05) is 0 Å². The Morgan fingerprint density at radius 1 is 1.28 bits per heavy atom. The number of rotatable bonds is 2. The molecule has 7 heteroatoms. The lowest BCUT2D eigenvalue weighted by Crippen LogP contribution is -2.28. The third kappa shape index (κ3) is 2.73. The van der Waals surface area contributed by atoms with Gasteiger partial charge < -0.3 is 10.5 Å². The van der Waals surface area contributed by atoms with Gasteiger partial charge in [-0.25, -0.2) is 4.98 Å². The third-order valence-corrected chi connectivity index (χ3v) is 3.52. The first-order valence-electron chi connectivity index (χ1n) is 5.11. The number of ether oxygens (including phenoxy) is 1. The highest BCUT2D eigenvalue weighted by Gasteiger charge is 2.32. The predicted molar refractivity (Wildman–Crippen MR) is 63.5 cm³/mol. The SMILES string of the molecule is CC(C)(N)c1nc2c(OC(F)(F)F)cccc2s1. The van der Waals surface area contributed by atoms with Crippen molar-refractivity contribution in [1.82, 2.24) is 4.98 Å². The van der Waals surface area contributed by atoms with Crippen LogP contribution in [0.3, 0.4) is 0 Å². The summed E-state index contributed by atoms with van der Waals surface area (Å²) in [5.41, 5.74) is 5.38. The van der Waals surface area contributed by atoms with E-state index in [1.54, 1.807) is 19.9 Å². The van der Waals surface area contributed by atoms with Gasteiger partial charge in [0.1, 0.15) is 10.5 Å². The van der Waals surface area contributed by atoms with Crippen molar-refractivity contribution in [2.24, 2.45) is 5.73 Å². The summed E-state index contributed by atoms with van der Waals surface area (Å²) < 4.78 is 41.3. The average Bonchev–Trinajstić information content (AvgIpc) is 2.59. The van der Waals surface area contributed by atoms with Gasteiger partial charge in [0.2, 0.25) is 0 Å². The summed E-state index contributed by atoms with van der Waals surface area (Å²) in [6, 6.07) is 4.42. The lowest BCUT2D eigenvalue weighted by atomic mass is 10.1. The zero-order valence-electron chi connectivity index (χ0n) is 9.71. The Morgan fingerprint density at radius 3 is 2.50 bits per heavy atom. The second-order valence-electron chi connectivity index (χ2n) is 4.39. The number of fused-ring (bicyclic) bond motifs is 1. The summed E-state index contributed by atoms with van der Waals surface area (Å²) >= 11 is 1.26. The van der Waals surface area contributed by atoms with E-state index in [2.05, 4.69) is 9.72 Å². The van der Waals surface area contributed by atoms with Crippen molar-refractivity contribution < 1.29 is 17.9 Å². The second kappa shape index (κ2) is 4.10. The molecule has 1 aromatic carbocycles. The second-order valence-corrected chi connectivity index (χ2v) is 5.42. The van der Waals surface area contributed by atoms with Crippen molar-refractivity contribution in [3.63, 3.8) is 0 Å². The van der Waals surface area contributed by atoms with Crippen LogP contribution in [0.15, 0.2) is 18.2 Å². The summed E-state index contributed by atoms with van der Waals surface area (Å²) in [5, 5.41) is 0.565. The number of alkyl halides is 3. The molecule has 0 spiro atoms. The van der Waals surface area contributed by atoms with E-state index >= 15 is 0 Å². The van der Waals surface area contributed by atoms with Gasteiger partial charge >= 0.3 is 6.36 Å². The molecule has 1 heterocycles. The highest BCUT2D eigenvalue weighted by atomic mass is 32.1. The summed E-state index contributed by atoms with van der Waals surface area (Å²) in [6.07, 6.45) is -4.73. The molecule has 0 saturated heterocycles. The minimum atomic E-state index is -4.73. The van der Waals surface area contributed by atoms with Crippen molar-refractivity contribution in [3.05, 3.63) is 23.2 Å². The van der Waals surface area contributed by atoms with Gasteiger partial charge in [-0.1, -0.05) is 6.07 Å². The number of benzene rings is 1. The molecular weight excluding hydrogens is 265 g/mol. The van der Waals surface area contributed by atoms with Gasteiger partial charge in [-0.2, -0.15) is 0 Å². The van der Waals surface area contributed by atoms with Crippen molar-refractivity contribution in [2.45, 2.75) is 25.7 Å². The normalized spacial score (nSPS) is 13.0. The van der Waals surface area contributed by atoms with E-state index in [4.69, 9.17) is 5.73 Å². The number of halogens is 3. The quantitative estimate of drug-likeness (QED) is 0.914. The van der Waals surface area contributed by atoms with Crippen LogP contribution in [0.25, 0.3) is 10.2 Å². The van der Waals surface area contributed by atoms with E-state index in [1.165, 1.54) is 23.5 Å². The molecular formula is C11H11F3N2OS. The van der Waals surface area contributed by atoms with Crippen LogP contribution >= 0.6 is 11.3 Å². The Hall–Kier alpha value is -1.34. The molecule has 0 bridgehead atoms. The Balaban J connectivity index is 2.53. The summed E-state index contributed by atoms with van der Waals surface area (Å²) in [4.78, 5) is 4.14. The number of thiazole rings is 1. The molecule has 0 aliphatic carbocycles. The molecule has 0 saturated carbocycles. The van der Waals surface area contributed by atoms with Crippen molar-refractivity contribution >= 4 is 21.6 Å². The molecule has 0 amide bonds. The lowest BCUT2D eigenvalue weighted by Gasteiger charge is -2.13. The number of nitrogens with zero attached hydrogens (tertiary/aromatic N) is 1. The molecule has 0 atom stereocenters. The number of para-hydroxylation sites is 1. The first kappa shape index (κ1) is 13.1. The lowest BCUT2D eigenvalue weighted by molar-refractivity contribution is -0.274. The maximum absolute atomic E-state index is 12.2. The monoisotopic (exact) mass is 276 g/mol. The zero-order valence-corrected chi connectivity index (χ0v) is 10.5. The topological polar surface area (TPSA) is 48.1 Å². The third-order valence-electron chi connectivity index (χ3n) is 2.16. The average molecular weight is 276 g/mol. The molecule has 2 N–H and O–H groups in total. The molecule has 18 heavy (non-hydrogen) atoms. The van der Waals surface area contributed by atoms with Crippen molar-refractivity contribution in [3.8, 4) is 5.75 Å². The van der Waals surface area contributed by atoms with Crippen LogP contribution in [-0.2, 0) is 5.54 Å². The summed E-state index contributed by atoms with van der Waals surface area (Å²) in [7, 11) is 0. The fourth-order valence-corrected chi connectivity index (χ4v) is 2.40. The molecule has 0 aliphatic rings. The standard InChI is InChI=1S/C11H11F3N2OS/c1-10(2,15)9-16-8-6(17-11(12,13)14)4-3-5-7(8)18-9/h3-5H,15H2,1-2H3. The maximum atomic E-state index is 12.2. The van der Waals surface area contributed by atoms with Gasteiger partial charge in [-0.05, 0) is 26.0 Å². The van der Waals surface area contributed by atoms with Gasteiger partial charge in [-0.3, -0.25) is 0 Å². The van der Waals surface area contributed by atoms with Crippen molar-refractivity contribution in [1.29, 1.82) is 0 Å². The van der Waals surface area contributed by atoms with Crippen LogP contribution in [0.5, 0.6) is 5.75 Å². The van der Waals surface area contributed by atoms with E-state index in [0.29, 0.717) is 9.71 Å². The summed E-state index contributed by atoms with van der Waals surface area (Å²) in [5.74, 6) is -0.299. The van der Waals surface area contributed by atoms with Crippen LogP contribution in [0.4, 0.5) is 13.2 Å². The fraction of sp³-hybridized carbons (Fsp3) is 0.364. The number of hydrogen-bond acceptors (Lipinski definition) is 4. The first-order chi connectivity index (χ1) is 8.17. The first-order valence-corrected chi connectivity index (χ1v) is 5.93. The minimum absolute atomic E-state index is 0.188. The number of aromatic nitrogens is 1. The maximum Gasteiger partial charge on any atom is 0.573 e. The zero-order chi connectivity index (χ0) is 13.6. The molecule has 1 aromatic heterocycles. The molecule has 98 valence electrons. The molecule has 3 nitrogen and oxygen atoms in total. The highest BCUT2D eigenvalue weighted by molar-refractivity contribution is 7.18. The Bertz CT molecular complexity index is 572. The van der Waals surface area contributed by atoms with Crippen LogP contribution in [0.1, 0.15) is 18.9 Å². The van der Waals surface area contributed by atoms with E-state index in [0.717, 1.165) is 0 Å². The predicted octanol–water partition coefficient (Wildman–Crippen LogP) is 3.39. The van der Waals surface area contributed by atoms with Gasteiger partial charge in [0.15, 0.2) is 5.75 Å². The number of hydrogen-bond donors (Lipinski definition) is 1. The van der Waals surface area contributed by atoms with Gasteiger partial charge in [0.25, 0.3) is 0 Å². The molecule has 2 rings (SSSR count). The highest BCUT2D eigenvalue weighted by Crippen LogP contribution is 2.35. The van der Waals surface area contributed by atoms with Gasteiger partial charge in [0.05, 0.1) is 10.2 Å². The molecule has 0 unspecified atom stereocenters. The Kier molecular flexibility index (Phi) is 2.98. The minimum Gasteiger partial charge on any atom is -0.403 e. The van der Waals surface area contributed by atoms with Crippen molar-refractivity contribution in [2.75, 3.05) is 0 Å². The fourth-order valence-electron chi connectivity index (χ4n) is 1.41.